The van der Waals surface area contributed by atoms with E-state index in [-0.39, 0.29) is 11.9 Å². The second-order valence-electron chi connectivity index (χ2n) is 6.33. The van der Waals surface area contributed by atoms with Gasteiger partial charge >= 0.3 is 0 Å². The first-order valence-electron chi connectivity index (χ1n) is 8.30. The summed E-state index contributed by atoms with van der Waals surface area (Å²) in [7, 11) is 0. The molecule has 0 aliphatic carbocycles. The quantitative estimate of drug-likeness (QED) is 0.778. The molecular weight excluding hydrogens is 306 g/mol. The Kier molecular flexibility index (Phi) is 3.93. The van der Waals surface area contributed by atoms with Gasteiger partial charge in [0, 0.05) is 45.1 Å². The molecule has 1 amide bonds. The van der Waals surface area contributed by atoms with Crippen LogP contribution < -0.4 is 4.90 Å². The van der Waals surface area contributed by atoms with Crippen molar-refractivity contribution in [3.8, 4) is 0 Å². The monoisotopic (exact) mass is 327 g/mol. The molecule has 0 radical (unpaired) electrons. The van der Waals surface area contributed by atoms with E-state index in [2.05, 4.69) is 19.8 Å². The number of hydrogen-bond donors (Lipinski definition) is 0. The van der Waals surface area contributed by atoms with Gasteiger partial charge in [0.1, 0.15) is 23.4 Å². The molecule has 2 saturated heterocycles. The summed E-state index contributed by atoms with van der Waals surface area (Å²) in [6.45, 7) is 6.54. The first kappa shape index (κ1) is 15.1. The highest BCUT2D eigenvalue weighted by molar-refractivity contribution is 5.85. The fourth-order valence-electron chi connectivity index (χ4n) is 3.18. The summed E-state index contributed by atoms with van der Waals surface area (Å²) in [6, 6.07) is 3.95. The van der Waals surface area contributed by atoms with Gasteiger partial charge in [-0.2, -0.15) is 0 Å². The molecule has 4 rings (SSSR count). The Morgan fingerprint density at radius 3 is 2.75 bits per heavy atom. The summed E-state index contributed by atoms with van der Waals surface area (Å²) in [4.78, 5) is 27.3. The summed E-state index contributed by atoms with van der Waals surface area (Å²) >= 11 is 0. The van der Waals surface area contributed by atoms with Gasteiger partial charge in [0.15, 0.2) is 0 Å². The number of hydrogen-bond acceptors (Lipinski definition) is 6. The van der Waals surface area contributed by atoms with Crippen LogP contribution in [-0.4, -0.2) is 64.4 Å². The van der Waals surface area contributed by atoms with Gasteiger partial charge in [-0.1, -0.05) is 0 Å². The lowest BCUT2D eigenvalue weighted by Crippen LogP contribution is -2.50. The summed E-state index contributed by atoms with van der Waals surface area (Å²) in [5.41, 5.74) is 0. The van der Waals surface area contributed by atoms with Crippen LogP contribution in [0.4, 0.5) is 5.82 Å². The van der Waals surface area contributed by atoms with Gasteiger partial charge < -0.3 is 14.2 Å². The van der Waals surface area contributed by atoms with E-state index in [0.717, 1.165) is 50.1 Å². The number of aromatic nitrogens is 2. The minimum Gasteiger partial charge on any atom is -0.465 e. The van der Waals surface area contributed by atoms with Crippen LogP contribution in [0.5, 0.6) is 0 Å². The van der Waals surface area contributed by atoms with Crippen molar-refractivity contribution in [2.75, 3.05) is 37.6 Å². The zero-order valence-electron chi connectivity index (χ0n) is 13.8. The zero-order valence-corrected chi connectivity index (χ0v) is 13.8. The largest absolute Gasteiger partial charge is 0.465 e. The number of carbonyl (C=O) groups excluding carboxylic acids is 1. The minimum absolute atomic E-state index is 0.0125. The van der Waals surface area contributed by atoms with Crippen molar-refractivity contribution in [2.24, 2.45) is 0 Å². The lowest BCUT2D eigenvalue weighted by Gasteiger charge is -2.35. The van der Waals surface area contributed by atoms with Crippen molar-refractivity contribution < 1.29 is 9.21 Å². The SMILES string of the molecule is Cc1ccc(CN2CC2C(=O)N2CCN(c3cnccn3)CC2)o1. The number of amides is 1. The first-order chi connectivity index (χ1) is 11.7. The molecule has 2 unspecified atom stereocenters. The highest BCUT2D eigenvalue weighted by Crippen LogP contribution is 2.24. The molecule has 7 nitrogen and oxygen atoms in total. The molecule has 0 N–H and O–H groups in total. The molecule has 2 aliphatic heterocycles. The van der Waals surface area contributed by atoms with E-state index in [0.29, 0.717) is 6.54 Å². The second kappa shape index (κ2) is 6.24. The summed E-state index contributed by atoms with van der Waals surface area (Å²) in [6.07, 6.45) is 5.14. The molecule has 0 bridgehead atoms. The number of furan rings is 1. The highest BCUT2D eigenvalue weighted by Gasteiger charge is 2.43. The number of piperazine rings is 1. The van der Waals surface area contributed by atoms with E-state index >= 15 is 0 Å². The maximum Gasteiger partial charge on any atom is 0.241 e. The van der Waals surface area contributed by atoms with E-state index < -0.39 is 0 Å². The lowest BCUT2D eigenvalue weighted by atomic mass is 10.3. The van der Waals surface area contributed by atoms with Crippen molar-refractivity contribution >= 4 is 11.7 Å². The van der Waals surface area contributed by atoms with Crippen LogP contribution in [0.15, 0.2) is 35.1 Å². The van der Waals surface area contributed by atoms with Gasteiger partial charge in [-0.25, -0.2) is 4.98 Å². The Labute approximate surface area is 140 Å². The van der Waals surface area contributed by atoms with Gasteiger partial charge in [0.2, 0.25) is 5.91 Å². The Morgan fingerprint density at radius 1 is 1.25 bits per heavy atom. The van der Waals surface area contributed by atoms with Crippen LogP contribution in [0.25, 0.3) is 0 Å². The van der Waals surface area contributed by atoms with Crippen molar-refractivity contribution in [3.63, 3.8) is 0 Å². The molecule has 7 heteroatoms. The van der Waals surface area contributed by atoms with Crippen molar-refractivity contribution in [1.29, 1.82) is 0 Å². The maximum absolute atomic E-state index is 12.6. The molecule has 2 atom stereocenters. The molecule has 0 spiro atoms. The van der Waals surface area contributed by atoms with Gasteiger partial charge in [-0.05, 0) is 19.1 Å². The highest BCUT2D eigenvalue weighted by atomic mass is 16.3. The normalized spacial score (nSPS) is 23.4. The van der Waals surface area contributed by atoms with Crippen molar-refractivity contribution in [1.82, 2.24) is 19.8 Å². The number of rotatable bonds is 4. The molecule has 4 heterocycles. The van der Waals surface area contributed by atoms with Crippen LogP contribution in [0.1, 0.15) is 11.5 Å². The number of nitrogens with zero attached hydrogens (tertiary/aromatic N) is 5. The molecule has 0 aromatic carbocycles. The molecule has 2 aromatic heterocycles. The van der Waals surface area contributed by atoms with E-state index in [1.165, 1.54) is 0 Å². The lowest BCUT2D eigenvalue weighted by molar-refractivity contribution is -0.131. The van der Waals surface area contributed by atoms with Crippen molar-refractivity contribution in [2.45, 2.75) is 19.5 Å². The zero-order chi connectivity index (χ0) is 16.5. The molecule has 24 heavy (non-hydrogen) atoms. The number of aryl methyl sites for hydroxylation is 1. The molecule has 2 aromatic rings. The predicted octanol–water partition coefficient (Wildman–Crippen LogP) is 0.911. The second-order valence-corrected chi connectivity index (χ2v) is 6.33. The summed E-state index contributed by atoms with van der Waals surface area (Å²) in [5, 5.41) is 0. The number of anilines is 1. The molecule has 2 fully saturated rings. The van der Waals surface area contributed by atoms with Gasteiger partial charge in [0.05, 0.1) is 12.7 Å². The third-order valence-corrected chi connectivity index (χ3v) is 4.62. The molecule has 0 saturated carbocycles. The Morgan fingerprint density at radius 2 is 2.08 bits per heavy atom. The van der Waals surface area contributed by atoms with E-state index in [9.17, 15) is 4.79 Å². The minimum atomic E-state index is 0.0125. The van der Waals surface area contributed by atoms with Crippen LogP contribution in [0.3, 0.4) is 0 Å². The Balaban J connectivity index is 1.28. The summed E-state index contributed by atoms with van der Waals surface area (Å²) < 4.78 is 5.58. The van der Waals surface area contributed by atoms with E-state index in [1.54, 1.807) is 18.6 Å². The Hall–Kier alpha value is -2.41. The number of carbonyl (C=O) groups is 1. The summed E-state index contributed by atoms with van der Waals surface area (Å²) in [5.74, 6) is 2.95. The molecular formula is C17H21N5O2. The van der Waals surface area contributed by atoms with Crippen molar-refractivity contribution in [3.05, 3.63) is 42.2 Å². The van der Waals surface area contributed by atoms with Gasteiger partial charge in [-0.15, -0.1) is 0 Å². The molecule has 2 aliphatic rings. The standard InChI is InChI=1S/C17H21N5O2/c1-13-2-3-14(24-13)11-22-12-15(22)17(23)21-8-6-20(7-9-21)16-10-18-4-5-19-16/h2-5,10,15H,6-9,11-12H2,1H3. The third kappa shape index (κ3) is 3.12. The predicted molar refractivity (Wildman–Crippen MR) is 88.5 cm³/mol. The molecule has 126 valence electrons. The fraction of sp³-hybridized carbons (Fsp3) is 0.471. The smallest absolute Gasteiger partial charge is 0.241 e. The van der Waals surface area contributed by atoms with Crippen LogP contribution >= 0.6 is 0 Å². The van der Waals surface area contributed by atoms with Gasteiger partial charge in [0.25, 0.3) is 0 Å². The fourth-order valence-corrected chi connectivity index (χ4v) is 3.18. The first-order valence-corrected chi connectivity index (χ1v) is 8.30. The topological polar surface area (TPSA) is 65.5 Å². The average Bonchev–Trinajstić information content (AvgIpc) is 3.27. The third-order valence-electron chi connectivity index (χ3n) is 4.62. The van der Waals surface area contributed by atoms with Crippen LogP contribution in [0, 0.1) is 6.92 Å². The van der Waals surface area contributed by atoms with Crippen LogP contribution in [0.2, 0.25) is 0 Å². The van der Waals surface area contributed by atoms with Crippen LogP contribution in [-0.2, 0) is 11.3 Å². The van der Waals surface area contributed by atoms with E-state index in [1.807, 2.05) is 24.0 Å². The Bertz CT molecular complexity index is 709. The maximum atomic E-state index is 12.6. The average molecular weight is 327 g/mol. The van der Waals surface area contributed by atoms with E-state index in [4.69, 9.17) is 4.42 Å². The van der Waals surface area contributed by atoms with Gasteiger partial charge in [-0.3, -0.25) is 14.7 Å².